The number of sulfonamides is 1. The number of alkyl halides is 3. The molecule has 122 valence electrons. The Kier molecular flexibility index (Phi) is 4.43. The van der Waals surface area contributed by atoms with Crippen LogP contribution < -0.4 is 5.14 Å². The molecule has 1 aromatic heterocycles. The van der Waals surface area contributed by atoms with E-state index in [-0.39, 0.29) is 31.2 Å². The molecule has 1 aliphatic heterocycles. The number of pyridine rings is 1. The van der Waals surface area contributed by atoms with Gasteiger partial charge in [0.1, 0.15) is 5.69 Å². The second kappa shape index (κ2) is 5.84. The normalized spacial score (nSPS) is 19.7. The number of primary sulfonamides is 1. The number of aromatic nitrogens is 1. The van der Waals surface area contributed by atoms with Gasteiger partial charge in [-0.25, -0.2) is 13.6 Å². The first-order chi connectivity index (χ1) is 10.0. The van der Waals surface area contributed by atoms with Crippen molar-refractivity contribution in [2.45, 2.75) is 19.1 Å². The van der Waals surface area contributed by atoms with E-state index in [1.807, 2.05) is 0 Å². The van der Waals surface area contributed by atoms with Gasteiger partial charge in [-0.15, -0.1) is 0 Å². The Bertz CT molecular complexity index is 658. The Morgan fingerprint density at radius 2 is 2.05 bits per heavy atom. The van der Waals surface area contributed by atoms with Crippen molar-refractivity contribution in [1.82, 2.24) is 9.88 Å². The van der Waals surface area contributed by atoms with E-state index in [9.17, 15) is 26.4 Å². The summed E-state index contributed by atoms with van der Waals surface area (Å²) in [6.45, 7) is 0.293. The number of likely N-dealkylation sites (tertiary alicyclic amines) is 1. The van der Waals surface area contributed by atoms with Gasteiger partial charge >= 0.3 is 6.18 Å². The quantitative estimate of drug-likeness (QED) is 0.877. The monoisotopic (exact) mass is 337 g/mol. The summed E-state index contributed by atoms with van der Waals surface area (Å²) in [5.41, 5.74) is -0.561. The molecule has 0 bridgehead atoms. The smallest absolute Gasteiger partial charge is 0.338 e. The molecule has 1 aliphatic rings. The van der Waals surface area contributed by atoms with Crippen LogP contribution in [-0.2, 0) is 27.5 Å². The van der Waals surface area contributed by atoms with Gasteiger partial charge < -0.3 is 4.90 Å². The van der Waals surface area contributed by atoms with Gasteiger partial charge in [-0.05, 0) is 11.6 Å². The number of carbonyl (C=O) groups is 1. The van der Waals surface area contributed by atoms with Crippen molar-refractivity contribution in [2.24, 2.45) is 11.1 Å². The van der Waals surface area contributed by atoms with Gasteiger partial charge in [0, 0.05) is 31.6 Å². The number of rotatable bonds is 4. The molecule has 1 saturated heterocycles. The molecule has 22 heavy (non-hydrogen) atoms. The minimum atomic E-state index is -4.51. The van der Waals surface area contributed by atoms with E-state index in [2.05, 4.69) is 4.98 Å². The molecule has 1 fully saturated rings. The molecular formula is C12H14F3N3O3S. The van der Waals surface area contributed by atoms with E-state index in [4.69, 9.17) is 5.14 Å². The van der Waals surface area contributed by atoms with Crippen molar-refractivity contribution < 1.29 is 26.4 Å². The molecule has 10 heteroatoms. The summed E-state index contributed by atoms with van der Waals surface area (Å²) in [5.74, 6) is -0.945. The molecular weight excluding hydrogens is 323 g/mol. The zero-order valence-electron chi connectivity index (χ0n) is 11.4. The fraction of sp³-hybridized carbons (Fsp3) is 0.500. The molecule has 1 amide bonds. The number of nitrogens with two attached hydrogens (primary N) is 1. The maximum Gasteiger partial charge on any atom is 0.433 e. The third-order valence-corrected chi connectivity index (χ3v) is 4.19. The van der Waals surface area contributed by atoms with Crippen LogP contribution in [0.15, 0.2) is 18.3 Å². The van der Waals surface area contributed by atoms with Crippen LogP contribution in [0.4, 0.5) is 13.2 Å². The number of amides is 1. The molecule has 1 unspecified atom stereocenters. The first-order valence-electron chi connectivity index (χ1n) is 6.35. The van der Waals surface area contributed by atoms with E-state index >= 15 is 0 Å². The largest absolute Gasteiger partial charge is 0.433 e. The summed E-state index contributed by atoms with van der Waals surface area (Å²) in [7, 11) is -3.67. The van der Waals surface area contributed by atoms with Crippen molar-refractivity contribution >= 4 is 15.9 Å². The predicted molar refractivity (Wildman–Crippen MR) is 70.7 cm³/mol. The van der Waals surface area contributed by atoms with E-state index in [0.717, 1.165) is 12.3 Å². The third kappa shape index (κ3) is 4.41. The summed E-state index contributed by atoms with van der Waals surface area (Å²) in [4.78, 5) is 16.5. The first kappa shape index (κ1) is 16.7. The van der Waals surface area contributed by atoms with Gasteiger partial charge in [0.15, 0.2) is 0 Å². The molecule has 1 atom stereocenters. The lowest BCUT2D eigenvalue weighted by Gasteiger charge is -2.16. The fourth-order valence-electron chi connectivity index (χ4n) is 2.35. The van der Waals surface area contributed by atoms with Crippen LogP contribution >= 0.6 is 0 Å². The maximum atomic E-state index is 12.4. The number of hydrogen-bond donors (Lipinski definition) is 1. The Morgan fingerprint density at radius 1 is 1.36 bits per heavy atom. The minimum Gasteiger partial charge on any atom is -0.338 e. The minimum absolute atomic E-state index is 0.0600. The van der Waals surface area contributed by atoms with Crippen molar-refractivity contribution in [2.75, 3.05) is 12.3 Å². The van der Waals surface area contributed by atoms with Gasteiger partial charge in [-0.1, -0.05) is 6.07 Å². The highest BCUT2D eigenvalue weighted by Crippen LogP contribution is 2.27. The van der Waals surface area contributed by atoms with Crippen molar-refractivity contribution in [1.29, 1.82) is 0 Å². The van der Waals surface area contributed by atoms with Crippen LogP contribution in [0.1, 0.15) is 17.7 Å². The molecule has 6 nitrogen and oxygen atoms in total. The second-order valence-corrected chi connectivity index (χ2v) is 6.88. The van der Waals surface area contributed by atoms with Crippen LogP contribution in [0, 0.1) is 5.92 Å². The lowest BCUT2D eigenvalue weighted by atomic mass is 10.1. The molecule has 0 saturated carbocycles. The highest BCUT2D eigenvalue weighted by molar-refractivity contribution is 7.89. The topological polar surface area (TPSA) is 93.4 Å². The first-order valence-corrected chi connectivity index (χ1v) is 8.06. The standard InChI is InChI=1S/C12H14F3N3O3S/c13-12(14,15)10-2-1-8(4-17-10)5-18-6-9(3-11(18)19)7-22(16,20)21/h1-2,4,9H,3,5-7H2,(H2,16,20,21). The SMILES string of the molecule is NS(=O)(=O)CC1CC(=O)N(Cc2ccc(C(F)(F)F)nc2)C1. The van der Waals surface area contributed by atoms with Crippen molar-refractivity contribution in [3.63, 3.8) is 0 Å². The zero-order valence-corrected chi connectivity index (χ0v) is 12.2. The summed E-state index contributed by atoms with van der Waals surface area (Å²) >= 11 is 0. The van der Waals surface area contributed by atoms with Gasteiger partial charge in [0.05, 0.1) is 5.75 Å². The molecule has 0 radical (unpaired) electrons. The molecule has 0 aliphatic carbocycles. The van der Waals surface area contributed by atoms with E-state index < -0.39 is 27.8 Å². The Labute approximate surface area is 125 Å². The lowest BCUT2D eigenvalue weighted by molar-refractivity contribution is -0.141. The third-order valence-electron chi connectivity index (χ3n) is 3.25. The van der Waals surface area contributed by atoms with E-state index in [0.29, 0.717) is 5.56 Å². The predicted octanol–water partition coefficient (Wildman–Crippen LogP) is 0.737. The number of halogens is 3. The number of carbonyl (C=O) groups excluding carboxylic acids is 1. The average Bonchev–Trinajstić information content (AvgIpc) is 2.66. The molecule has 0 aromatic carbocycles. The van der Waals surface area contributed by atoms with Gasteiger partial charge in [0.25, 0.3) is 0 Å². The molecule has 2 N–H and O–H groups in total. The summed E-state index contributed by atoms with van der Waals surface area (Å²) in [6, 6.07) is 2.09. The van der Waals surface area contributed by atoms with E-state index in [1.54, 1.807) is 0 Å². The van der Waals surface area contributed by atoms with Crippen LogP contribution in [0.25, 0.3) is 0 Å². The zero-order chi connectivity index (χ0) is 16.5. The van der Waals surface area contributed by atoms with Crippen molar-refractivity contribution in [3.8, 4) is 0 Å². The Balaban J connectivity index is 2.01. The average molecular weight is 337 g/mol. The lowest BCUT2D eigenvalue weighted by Crippen LogP contribution is -2.27. The fourth-order valence-corrected chi connectivity index (χ4v) is 3.23. The van der Waals surface area contributed by atoms with Crippen molar-refractivity contribution in [3.05, 3.63) is 29.6 Å². The van der Waals surface area contributed by atoms with Gasteiger partial charge in [-0.3, -0.25) is 9.78 Å². The summed E-state index contributed by atoms with van der Waals surface area (Å²) in [5, 5.41) is 4.94. The highest BCUT2D eigenvalue weighted by atomic mass is 32.2. The Hall–Kier alpha value is -1.68. The molecule has 0 spiro atoms. The van der Waals surface area contributed by atoms with Crippen LogP contribution in [0.2, 0.25) is 0 Å². The van der Waals surface area contributed by atoms with Crippen LogP contribution in [0.3, 0.4) is 0 Å². The van der Waals surface area contributed by atoms with E-state index in [1.165, 1.54) is 11.0 Å². The van der Waals surface area contributed by atoms with Gasteiger partial charge in [-0.2, -0.15) is 13.2 Å². The molecule has 2 heterocycles. The van der Waals surface area contributed by atoms with Crippen LogP contribution in [0.5, 0.6) is 0 Å². The second-order valence-electron chi connectivity index (χ2n) is 5.22. The maximum absolute atomic E-state index is 12.4. The van der Waals surface area contributed by atoms with Gasteiger partial charge in [0.2, 0.25) is 15.9 Å². The Morgan fingerprint density at radius 3 is 2.55 bits per heavy atom. The van der Waals surface area contributed by atoms with Crippen LogP contribution in [-0.4, -0.2) is 36.5 Å². The molecule has 1 aromatic rings. The highest BCUT2D eigenvalue weighted by Gasteiger charge is 2.33. The number of hydrogen-bond acceptors (Lipinski definition) is 4. The molecule has 2 rings (SSSR count). The number of nitrogens with zero attached hydrogens (tertiary/aromatic N) is 2. The summed E-state index contributed by atoms with van der Waals surface area (Å²) < 4.78 is 59.2. The summed E-state index contributed by atoms with van der Waals surface area (Å²) in [6.07, 6.45) is -3.39.